The van der Waals surface area contributed by atoms with E-state index in [0.717, 1.165) is 38.8 Å². The minimum atomic E-state index is -0.0618. The molecule has 1 fully saturated rings. The fourth-order valence-corrected chi connectivity index (χ4v) is 3.07. The molecule has 0 radical (unpaired) electrons. The van der Waals surface area contributed by atoms with Crippen molar-refractivity contribution in [3.63, 3.8) is 0 Å². The lowest BCUT2D eigenvalue weighted by Gasteiger charge is -2.26. The molecular formula is C15H26N2O. The number of rotatable bonds is 4. The predicted octanol–water partition coefficient (Wildman–Crippen LogP) is 2.52. The Hall–Kier alpha value is -0.800. The zero-order chi connectivity index (χ0) is 13.1. The van der Waals surface area contributed by atoms with E-state index in [1.54, 1.807) is 0 Å². The van der Waals surface area contributed by atoms with Crippen LogP contribution in [0.5, 0.6) is 0 Å². The molecule has 0 spiro atoms. The number of hydrogen-bond acceptors (Lipinski definition) is 2. The quantitative estimate of drug-likeness (QED) is 0.861. The van der Waals surface area contributed by atoms with Crippen molar-refractivity contribution >= 4 is 0 Å². The molecule has 0 aliphatic heterocycles. The van der Waals surface area contributed by atoms with Crippen LogP contribution >= 0.6 is 0 Å². The van der Waals surface area contributed by atoms with Crippen LogP contribution in [0.3, 0.4) is 0 Å². The topological polar surface area (TPSA) is 37.2 Å². The average molecular weight is 250 g/mol. The van der Waals surface area contributed by atoms with Gasteiger partial charge in [0.05, 0.1) is 6.10 Å². The van der Waals surface area contributed by atoms with Crippen LogP contribution in [0.1, 0.15) is 49.6 Å². The fraction of sp³-hybridized carbons (Fsp3) is 0.733. The highest BCUT2D eigenvalue weighted by molar-refractivity contribution is 5.26. The van der Waals surface area contributed by atoms with Gasteiger partial charge in [-0.05, 0) is 58.1 Å². The van der Waals surface area contributed by atoms with Gasteiger partial charge in [0.15, 0.2) is 0 Å². The Labute approximate surface area is 110 Å². The van der Waals surface area contributed by atoms with E-state index in [1.807, 2.05) is 0 Å². The number of aliphatic hydroxyl groups excluding tert-OH is 1. The summed E-state index contributed by atoms with van der Waals surface area (Å²) in [4.78, 5) is 0. The van der Waals surface area contributed by atoms with Crippen molar-refractivity contribution in [1.82, 2.24) is 9.88 Å². The third kappa shape index (κ3) is 2.96. The SMILES string of the molecule is CCn1c(C)cc(CNC2CCC(O)CC2)c1C. The summed E-state index contributed by atoms with van der Waals surface area (Å²) in [6, 6.07) is 2.88. The van der Waals surface area contributed by atoms with E-state index in [0.29, 0.717) is 6.04 Å². The highest BCUT2D eigenvalue weighted by Crippen LogP contribution is 2.20. The molecule has 0 unspecified atom stereocenters. The zero-order valence-electron chi connectivity index (χ0n) is 11.9. The maximum absolute atomic E-state index is 9.50. The molecule has 1 heterocycles. The fourth-order valence-electron chi connectivity index (χ4n) is 3.07. The summed E-state index contributed by atoms with van der Waals surface area (Å²) >= 11 is 0. The Kier molecular flexibility index (Phi) is 4.46. The predicted molar refractivity (Wildman–Crippen MR) is 74.7 cm³/mol. The molecular weight excluding hydrogens is 224 g/mol. The first-order valence-corrected chi connectivity index (χ1v) is 7.18. The number of aromatic nitrogens is 1. The number of nitrogens with one attached hydrogen (secondary N) is 1. The highest BCUT2D eigenvalue weighted by Gasteiger charge is 2.19. The van der Waals surface area contributed by atoms with Crippen molar-refractivity contribution < 1.29 is 5.11 Å². The normalized spacial score (nSPS) is 24.4. The largest absolute Gasteiger partial charge is 0.393 e. The van der Waals surface area contributed by atoms with E-state index in [1.165, 1.54) is 17.0 Å². The van der Waals surface area contributed by atoms with E-state index in [2.05, 4.69) is 36.7 Å². The van der Waals surface area contributed by atoms with Gasteiger partial charge in [-0.25, -0.2) is 0 Å². The van der Waals surface area contributed by atoms with Gasteiger partial charge in [-0.1, -0.05) is 0 Å². The van der Waals surface area contributed by atoms with E-state index < -0.39 is 0 Å². The van der Waals surface area contributed by atoms with Gasteiger partial charge < -0.3 is 15.0 Å². The van der Waals surface area contributed by atoms with Gasteiger partial charge in [-0.15, -0.1) is 0 Å². The molecule has 3 heteroatoms. The zero-order valence-corrected chi connectivity index (χ0v) is 11.9. The summed E-state index contributed by atoms with van der Waals surface area (Å²) in [5, 5.41) is 13.1. The summed E-state index contributed by atoms with van der Waals surface area (Å²) < 4.78 is 2.36. The molecule has 0 bridgehead atoms. The number of hydrogen-bond donors (Lipinski definition) is 2. The Morgan fingerprint density at radius 2 is 1.94 bits per heavy atom. The first-order chi connectivity index (χ1) is 8.61. The molecule has 0 atom stereocenters. The van der Waals surface area contributed by atoms with Crippen LogP contribution in [0.2, 0.25) is 0 Å². The molecule has 1 aromatic heterocycles. The van der Waals surface area contributed by atoms with Crippen LogP contribution in [0.15, 0.2) is 6.07 Å². The monoisotopic (exact) mass is 250 g/mol. The van der Waals surface area contributed by atoms with Crippen LogP contribution in [0.4, 0.5) is 0 Å². The second kappa shape index (κ2) is 5.89. The van der Waals surface area contributed by atoms with E-state index in [9.17, 15) is 5.11 Å². The Bertz CT molecular complexity index is 389. The molecule has 2 rings (SSSR count). The van der Waals surface area contributed by atoms with Gasteiger partial charge in [0.1, 0.15) is 0 Å². The van der Waals surface area contributed by atoms with Crippen LogP contribution in [0, 0.1) is 13.8 Å². The van der Waals surface area contributed by atoms with Crippen molar-refractivity contribution in [2.45, 2.75) is 71.7 Å². The summed E-state index contributed by atoms with van der Waals surface area (Å²) in [6.45, 7) is 8.59. The third-order valence-electron chi connectivity index (χ3n) is 4.27. The lowest BCUT2D eigenvalue weighted by Crippen LogP contribution is -2.34. The molecule has 1 aliphatic rings. The lowest BCUT2D eigenvalue weighted by molar-refractivity contribution is 0.116. The van der Waals surface area contributed by atoms with Crippen LogP contribution in [-0.2, 0) is 13.1 Å². The number of aliphatic hydroxyl groups is 1. The van der Waals surface area contributed by atoms with Crippen molar-refractivity contribution in [2.75, 3.05) is 0 Å². The first-order valence-electron chi connectivity index (χ1n) is 7.18. The molecule has 1 aliphatic carbocycles. The van der Waals surface area contributed by atoms with Gasteiger partial charge in [-0.2, -0.15) is 0 Å². The molecule has 18 heavy (non-hydrogen) atoms. The van der Waals surface area contributed by atoms with Gasteiger partial charge in [-0.3, -0.25) is 0 Å². The van der Waals surface area contributed by atoms with Crippen molar-refractivity contribution in [1.29, 1.82) is 0 Å². The molecule has 102 valence electrons. The number of nitrogens with zero attached hydrogens (tertiary/aromatic N) is 1. The third-order valence-corrected chi connectivity index (χ3v) is 4.27. The van der Waals surface area contributed by atoms with Gasteiger partial charge >= 0.3 is 0 Å². The minimum absolute atomic E-state index is 0.0618. The molecule has 2 N–H and O–H groups in total. The van der Waals surface area contributed by atoms with Crippen molar-refractivity contribution in [3.05, 3.63) is 23.0 Å². The molecule has 1 aromatic rings. The highest BCUT2D eigenvalue weighted by atomic mass is 16.3. The van der Waals surface area contributed by atoms with E-state index in [4.69, 9.17) is 0 Å². The van der Waals surface area contributed by atoms with E-state index in [-0.39, 0.29) is 6.10 Å². The van der Waals surface area contributed by atoms with E-state index >= 15 is 0 Å². The lowest BCUT2D eigenvalue weighted by atomic mass is 9.93. The second-order valence-corrected chi connectivity index (χ2v) is 5.53. The Morgan fingerprint density at radius 1 is 1.28 bits per heavy atom. The second-order valence-electron chi connectivity index (χ2n) is 5.53. The van der Waals surface area contributed by atoms with Crippen LogP contribution in [-0.4, -0.2) is 21.8 Å². The van der Waals surface area contributed by atoms with Crippen molar-refractivity contribution in [2.24, 2.45) is 0 Å². The summed E-state index contributed by atoms with van der Waals surface area (Å²) in [7, 11) is 0. The Balaban J connectivity index is 1.90. The first kappa shape index (κ1) is 13.6. The average Bonchev–Trinajstić information content (AvgIpc) is 2.63. The summed E-state index contributed by atoms with van der Waals surface area (Å²) in [5.74, 6) is 0. The minimum Gasteiger partial charge on any atom is -0.393 e. The molecule has 0 aromatic carbocycles. The molecule has 3 nitrogen and oxygen atoms in total. The maximum atomic E-state index is 9.50. The standard InChI is InChI=1S/C15H26N2O/c1-4-17-11(2)9-13(12(17)3)10-16-14-5-7-15(18)8-6-14/h9,14-16,18H,4-8,10H2,1-3H3. The van der Waals surface area contributed by atoms with Crippen LogP contribution in [0.25, 0.3) is 0 Å². The molecule has 1 saturated carbocycles. The molecule has 0 amide bonds. The maximum Gasteiger partial charge on any atom is 0.0541 e. The Morgan fingerprint density at radius 3 is 2.50 bits per heavy atom. The smallest absolute Gasteiger partial charge is 0.0541 e. The van der Waals surface area contributed by atoms with Gasteiger partial charge in [0, 0.05) is 30.5 Å². The van der Waals surface area contributed by atoms with Crippen molar-refractivity contribution in [3.8, 4) is 0 Å². The summed E-state index contributed by atoms with van der Waals surface area (Å²) in [5.41, 5.74) is 4.16. The van der Waals surface area contributed by atoms with Gasteiger partial charge in [0.25, 0.3) is 0 Å². The van der Waals surface area contributed by atoms with Gasteiger partial charge in [0.2, 0.25) is 0 Å². The number of aryl methyl sites for hydroxylation is 1. The van der Waals surface area contributed by atoms with Crippen LogP contribution < -0.4 is 5.32 Å². The molecule has 0 saturated heterocycles. The summed E-state index contributed by atoms with van der Waals surface area (Å²) in [6.07, 6.45) is 4.05.